The number of rotatable bonds is 6. The summed E-state index contributed by atoms with van der Waals surface area (Å²) in [6, 6.07) is 15.3. The summed E-state index contributed by atoms with van der Waals surface area (Å²) < 4.78 is 23.7. The highest BCUT2D eigenvalue weighted by Crippen LogP contribution is 2.33. The van der Waals surface area contributed by atoms with Crippen molar-refractivity contribution in [3.8, 4) is 22.9 Å². The Kier molecular flexibility index (Phi) is 5.89. The monoisotopic (exact) mass is 431 g/mol. The van der Waals surface area contributed by atoms with Gasteiger partial charge in [-0.3, -0.25) is 4.79 Å². The Hall–Kier alpha value is -4.13. The van der Waals surface area contributed by atoms with Crippen LogP contribution in [0.15, 0.2) is 60.7 Å². The number of amides is 1. The van der Waals surface area contributed by atoms with Crippen molar-refractivity contribution in [3.63, 3.8) is 0 Å². The summed E-state index contributed by atoms with van der Waals surface area (Å²) in [5.74, 6) is 1.27. The molecule has 0 aliphatic heterocycles. The molecule has 0 fully saturated rings. The zero-order valence-electron chi connectivity index (χ0n) is 17.9. The molecule has 162 valence electrons. The molecule has 0 bridgehead atoms. The van der Waals surface area contributed by atoms with E-state index in [1.54, 1.807) is 32.4 Å². The molecule has 4 aromatic rings. The fourth-order valence-corrected chi connectivity index (χ4v) is 3.30. The number of fused-ring (bicyclic) bond motifs is 1. The van der Waals surface area contributed by atoms with Gasteiger partial charge in [0.2, 0.25) is 5.91 Å². The smallest absolute Gasteiger partial charge is 0.248 e. The molecule has 0 saturated heterocycles. The first kappa shape index (κ1) is 21.1. The first-order chi connectivity index (χ1) is 15.5. The van der Waals surface area contributed by atoms with E-state index in [0.717, 1.165) is 27.7 Å². The first-order valence-electron chi connectivity index (χ1n) is 9.94. The number of anilines is 1. The van der Waals surface area contributed by atoms with Crippen LogP contribution in [0.2, 0.25) is 0 Å². The minimum Gasteiger partial charge on any atom is -0.493 e. The molecule has 7 heteroatoms. The van der Waals surface area contributed by atoms with Crippen LogP contribution in [0.4, 0.5) is 10.1 Å². The van der Waals surface area contributed by atoms with Crippen LogP contribution in [0.1, 0.15) is 11.1 Å². The number of H-pyrrole nitrogens is 1. The third-order valence-electron chi connectivity index (χ3n) is 5.05. The SMILES string of the molecule is COc1cc2nc(-c3ccc(C)c(NC(=O)/C=C/c4ccc(F)cc4)c3)[nH]c2cc1OC. The number of aryl methyl sites for hydroxylation is 1. The number of methoxy groups -OCH3 is 2. The fourth-order valence-electron chi connectivity index (χ4n) is 3.30. The second kappa shape index (κ2) is 8.93. The largest absolute Gasteiger partial charge is 0.493 e. The normalized spacial score (nSPS) is 11.1. The topological polar surface area (TPSA) is 76.2 Å². The van der Waals surface area contributed by atoms with Crippen molar-refractivity contribution in [2.75, 3.05) is 19.5 Å². The minimum absolute atomic E-state index is 0.284. The average molecular weight is 431 g/mol. The molecule has 1 heterocycles. The van der Waals surface area contributed by atoms with E-state index in [1.165, 1.54) is 18.2 Å². The van der Waals surface area contributed by atoms with Crippen LogP contribution in [0.25, 0.3) is 28.5 Å². The van der Waals surface area contributed by atoms with E-state index in [-0.39, 0.29) is 11.7 Å². The number of nitrogens with zero attached hydrogens (tertiary/aromatic N) is 1. The van der Waals surface area contributed by atoms with E-state index in [4.69, 9.17) is 9.47 Å². The Balaban J connectivity index is 1.58. The molecule has 4 rings (SSSR count). The lowest BCUT2D eigenvalue weighted by Gasteiger charge is -2.08. The van der Waals surface area contributed by atoms with E-state index in [2.05, 4.69) is 15.3 Å². The fraction of sp³-hybridized carbons (Fsp3) is 0.120. The Labute approximate surface area is 184 Å². The number of benzene rings is 3. The van der Waals surface area contributed by atoms with Crippen molar-refractivity contribution < 1.29 is 18.7 Å². The molecule has 1 aromatic heterocycles. The number of halogens is 1. The molecule has 32 heavy (non-hydrogen) atoms. The van der Waals surface area contributed by atoms with Gasteiger partial charge in [0, 0.05) is 29.5 Å². The van der Waals surface area contributed by atoms with E-state index < -0.39 is 0 Å². The standard InChI is InChI=1S/C25H22FN3O3/c1-15-4-8-17(25-28-20-13-22(31-2)23(32-3)14-21(20)29-25)12-19(15)27-24(30)11-7-16-5-9-18(26)10-6-16/h4-14H,1-3H3,(H,27,30)(H,28,29)/b11-7+. The van der Waals surface area contributed by atoms with Crippen molar-refractivity contribution >= 4 is 28.7 Å². The number of hydrogen-bond acceptors (Lipinski definition) is 4. The summed E-state index contributed by atoms with van der Waals surface area (Å²) in [4.78, 5) is 20.3. The number of imidazole rings is 1. The Morgan fingerprint density at radius 3 is 2.47 bits per heavy atom. The van der Waals surface area contributed by atoms with Gasteiger partial charge in [-0.2, -0.15) is 0 Å². The van der Waals surface area contributed by atoms with Crippen LogP contribution in [0.5, 0.6) is 11.5 Å². The molecule has 2 N–H and O–H groups in total. The highest BCUT2D eigenvalue weighted by Gasteiger charge is 2.12. The predicted octanol–water partition coefficient (Wildman–Crippen LogP) is 5.35. The lowest BCUT2D eigenvalue weighted by atomic mass is 10.1. The van der Waals surface area contributed by atoms with Crippen LogP contribution in [-0.2, 0) is 4.79 Å². The first-order valence-corrected chi connectivity index (χ1v) is 9.94. The van der Waals surface area contributed by atoms with Gasteiger partial charge in [0.25, 0.3) is 0 Å². The number of hydrogen-bond donors (Lipinski definition) is 2. The summed E-state index contributed by atoms with van der Waals surface area (Å²) in [6.45, 7) is 1.91. The molecule has 0 atom stereocenters. The molecule has 0 spiro atoms. The second-order valence-corrected chi connectivity index (χ2v) is 7.21. The molecular formula is C25H22FN3O3. The van der Waals surface area contributed by atoms with E-state index >= 15 is 0 Å². The zero-order valence-corrected chi connectivity index (χ0v) is 17.9. The number of aromatic amines is 1. The van der Waals surface area contributed by atoms with Crippen LogP contribution >= 0.6 is 0 Å². The number of aromatic nitrogens is 2. The molecule has 1 amide bonds. The Morgan fingerprint density at radius 1 is 1.03 bits per heavy atom. The van der Waals surface area contributed by atoms with Crippen LogP contribution in [0.3, 0.4) is 0 Å². The molecule has 0 radical (unpaired) electrons. The molecular weight excluding hydrogens is 409 g/mol. The predicted molar refractivity (Wildman–Crippen MR) is 123 cm³/mol. The van der Waals surface area contributed by atoms with Gasteiger partial charge in [0.15, 0.2) is 11.5 Å². The molecule has 3 aromatic carbocycles. The quantitative estimate of drug-likeness (QED) is 0.404. The Bertz CT molecular complexity index is 1270. The average Bonchev–Trinajstić information content (AvgIpc) is 3.22. The number of carbonyl (C=O) groups is 1. The van der Waals surface area contributed by atoms with Gasteiger partial charge < -0.3 is 19.8 Å². The highest BCUT2D eigenvalue weighted by molar-refractivity contribution is 6.02. The van der Waals surface area contributed by atoms with Gasteiger partial charge >= 0.3 is 0 Å². The minimum atomic E-state index is -0.318. The number of ether oxygens (including phenoxy) is 2. The van der Waals surface area contributed by atoms with Crippen LogP contribution in [0, 0.1) is 12.7 Å². The molecule has 0 saturated carbocycles. The molecule has 6 nitrogen and oxygen atoms in total. The zero-order chi connectivity index (χ0) is 22.7. The van der Waals surface area contributed by atoms with Gasteiger partial charge in [-0.15, -0.1) is 0 Å². The van der Waals surface area contributed by atoms with Gasteiger partial charge in [0.05, 0.1) is 25.3 Å². The summed E-state index contributed by atoms with van der Waals surface area (Å²) in [7, 11) is 3.16. The van der Waals surface area contributed by atoms with Gasteiger partial charge in [-0.1, -0.05) is 24.3 Å². The third-order valence-corrected chi connectivity index (χ3v) is 5.05. The number of nitrogens with one attached hydrogen (secondary N) is 2. The summed E-state index contributed by atoms with van der Waals surface area (Å²) in [5, 5.41) is 2.89. The van der Waals surface area contributed by atoms with E-state index in [9.17, 15) is 9.18 Å². The highest BCUT2D eigenvalue weighted by atomic mass is 19.1. The van der Waals surface area contributed by atoms with Crippen molar-refractivity contribution in [1.29, 1.82) is 0 Å². The van der Waals surface area contributed by atoms with Gasteiger partial charge in [-0.25, -0.2) is 9.37 Å². The lowest BCUT2D eigenvalue weighted by molar-refractivity contribution is -0.111. The molecule has 0 aliphatic carbocycles. The maximum atomic E-state index is 13.0. The summed E-state index contributed by atoms with van der Waals surface area (Å²) in [5.41, 5.74) is 4.70. The number of carbonyl (C=O) groups excluding carboxylic acids is 1. The summed E-state index contributed by atoms with van der Waals surface area (Å²) >= 11 is 0. The van der Waals surface area contributed by atoms with Crippen molar-refractivity contribution in [1.82, 2.24) is 9.97 Å². The molecule has 0 unspecified atom stereocenters. The van der Waals surface area contributed by atoms with E-state index in [1.807, 2.05) is 37.3 Å². The van der Waals surface area contributed by atoms with E-state index in [0.29, 0.717) is 23.0 Å². The second-order valence-electron chi connectivity index (χ2n) is 7.21. The van der Waals surface area contributed by atoms with Crippen molar-refractivity contribution in [2.24, 2.45) is 0 Å². The summed E-state index contributed by atoms with van der Waals surface area (Å²) in [6.07, 6.45) is 3.05. The van der Waals surface area contributed by atoms with Crippen molar-refractivity contribution in [3.05, 3.63) is 77.6 Å². The maximum Gasteiger partial charge on any atom is 0.248 e. The lowest BCUT2D eigenvalue weighted by Crippen LogP contribution is -2.09. The molecule has 0 aliphatic rings. The third kappa shape index (κ3) is 4.46. The van der Waals surface area contributed by atoms with Gasteiger partial charge in [0.1, 0.15) is 11.6 Å². The maximum absolute atomic E-state index is 13.0. The van der Waals surface area contributed by atoms with Crippen LogP contribution in [-0.4, -0.2) is 30.1 Å². The van der Waals surface area contributed by atoms with Gasteiger partial charge in [-0.05, 0) is 42.3 Å². The Morgan fingerprint density at radius 2 is 1.75 bits per heavy atom. The van der Waals surface area contributed by atoms with Crippen molar-refractivity contribution in [2.45, 2.75) is 6.92 Å². The van der Waals surface area contributed by atoms with Crippen LogP contribution < -0.4 is 14.8 Å².